The van der Waals surface area contributed by atoms with E-state index in [2.05, 4.69) is 10.5 Å². The molecule has 0 saturated heterocycles. The topological polar surface area (TPSA) is 55.1 Å². The molecule has 0 spiro atoms. The lowest BCUT2D eigenvalue weighted by molar-refractivity contribution is -0.137. The molecular formula is C14H13F3N2O2. The molecule has 0 atom stereocenters. The summed E-state index contributed by atoms with van der Waals surface area (Å²) in [4.78, 5) is 11.9. The molecule has 0 saturated carbocycles. The van der Waals surface area contributed by atoms with Crippen LogP contribution < -0.4 is 5.32 Å². The zero-order valence-corrected chi connectivity index (χ0v) is 11.4. The lowest BCUT2D eigenvalue weighted by Crippen LogP contribution is -2.15. The number of rotatable bonds is 3. The van der Waals surface area contributed by atoms with Gasteiger partial charge in [0.25, 0.3) is 0 Å². The molecule has 2 aromatic rings. The average molecular weight is 298 g/mol. The number of anilines is 1. The summed E-state index contributed by atoms with van der Waals surface area (Å²) in [5.41, 5.74) is 0.848. The predicted octanol–water partition coefficient (Wildman–Crippen LogP) is 3.49. The Morgan fingerprint density at radius 2 is 1.86 bits per heavy atom. The van der Waals surface area contributed by atoms with Gasteiger partial charge in [-0.05, 0) is 38.1 Å². The molecule has 0 fully saturated rings. The second kappa shape index (κ2) is 5.59. The van der Waals surface area contributed by atoms with Crippen molar-refractivity contribution in [1.29, 1.82) is 0 Å². The lowest BCUT2D eigenvalue weighted by atomic mass is 10.1. The van der Waals surface area contributed by atoms with E-state index in [0.717, 1.165) is 12.1 Å². The van der Waals surface area contributed by atoms with Gasteiger partial charge in [0.2, 0.25) is 5.91 Å². The predicted molar refractivity (Wildman–Crippen MR) is 69.8 cm³/mol. The summed E-state index contributed by atoms with van der Waals surface area (Å²) >= 11 is 0. The van der Waals surface area contributed by atoms with Crippen molar-refractivity contribution in [1.82, 2.24) is 5.16 Å². The quantitative estimate of drug-likeness (QED) is 0.943. The number of aryl methyl sites for hydroxylation is 2. The van der Waals surface area contributed by atoms with E-state index in [1.165, 1.54) is 12.1 Å². The van der Waals surface area contributed by atoms with Gasteiger partial charge in [0.05, 0.1) is 17.7 Å². The molecule has 0 bridgehead atoms. The number of carbonyl (C=O) groups excluding carboxylic acids is 1. The van der Waals surface area contributed by atoms with Gasteiger partial charge in [-0.1, -0.05) is 5.16 Å². The first-order valence-electron chi connectivity index (χ1n) is 6.16. The third-order valence-corrected chi connectivity index (χ3v) is 3.01. The summed E-state index contributed by atoms with van der Waals surface area (Å²) in [6, 6.07) is 4.28. The highest BCUT2D eigenvalue weighted by atomic mass is 19.4. The maximum absolute atomic E-state index is 12.4. The van der Waals surface area contributed by atoms with Crippen LogP contribution in [-0.2, 0) is 17.4 Å². The summed E-state index contributed by atoms with van der Waals surface area (Å²) in [6.45, 7) is 3.41. The maximum Gasteiger partial charge on any atom is 0.416 e. The molecule has 2 rings (SSSR count). The van der Waals surface area contributed by atoms with Crippen LogP contribution in [-0.4, -0.2) is 11.1 Å². The second-order valence-electron chi connectivity index (χ2n) is 4.60. The number of amides is 1. The van der Waals surface area contributed by atoms with Gasteiger partial charge < -0.3 is 9.84 Å². The van der Waals surface area contributed by atoms with Crippen LogP contribution in [0, 0.1) is 13.8 Å². The number of carbonyl (C=O) groups is 1. The fraction of sp³-hybridized carbons (Fsp3) is 0.286. The standard InChI is InChI=1S/C14H13F3N2O2/c1-8-12(9(2)21-19-8)7-13(20)18-11-5-3-10(4-6-11)14(15,16)17/h3-6H,7H2,1-2H3,(H,18,20). The van der Waals surface area contributed by atoms with Crippen molar-refractivity contribution in [2.75, 3.05) is 5.32 Å². The fourth-order valence-corrected chi connectivity index (χ4v) is 1.86. The van der Waals surface area contributed by atoms with Crippen molar-refractivity contribution in [3.8, 4) is 0 Å². The normalized spacial score (nSPS) is 11.5. The fourth-order valence-electron chi connectivity index (χ4n) is 1.86. The van der Waals surface area contributed by atoms with Gasteiger partial charge in [0.1, 0.15) is 5.76 Å². The number of hydrogen-bond acceptors (Lipinski definition) is 3. The molecule has 21 heavy (non-hydrogen) atoms. The summed E-state index contributed by atoms with van der Waals surface area (Å²) < 4.78 is 42.2. The van der Waals surface area contributed by atoms with E-state index in [-0.39, 0.29) is 12.3 Å². The van der Waals surface area contributed by atoms with Crippen LogP contribution in [0.4, 0.5) is 18.9 Å². The Balaban J connectivity index is 2.03. The molecule has 1 amide bonds. The summed E-state index contributed by atoms with van der Waals surface area (Å²) in [5.74, 6) is 0.208. The summed E-state index contributed by atoms with van der Waals surface area (Å²) in [7, 11) is 0. The smallest absolute Gasteiger partial charge is 0.361 e. The average Bonchev–Trinajstić information content (AvgIpc) is 2.70. The molecule has 0 aliphatic rings. The number of benzene rings is 1. The van der Waals surface area contributed by atoms with Gasteiger partial charge in [0.15, 0.2) is 0 Å². The highest BCUT2D eigenvalue weighted by Crippen LogP contribution is 2.29. The van der Waals surface area contributed by atoms with Crippen LogP contribution in [0.25, 0.3) is 0 Å². The van der Waals surface area contributed by atoms with E-state index < -0.39 is 11.7 Å². The molecule has 112 valence electrons. The Bertz CT molecular complexity index is 626. The van der Waals surface area contributed by atoms with Crippen LogP contribution >= 0.6 is 0 Å². The van der Waals surface area contributed by atoms with Gasteiger partial charge in [-0.25, -0.2) is 0 Å². The molecule has 0 aliphatic carbocycles. The van der Waals surface area contributed by atoms with Crippen LogP contribution in [0.15, 0.2) is 28.8 Å². The van der Waals surface area contributed by atoms with Crippen molar-refractivity contribution >= 4 is 11.6 Å². The van der Waals surface area contributed by atoms with E-state index in [1.807, 2.05) is 0 Å². The minimum Gasteiger partial charge on any atom is -0.361 e. The Morgan fingerprint density at radius 1 is 1.24 bits per heavy atom. The first-order chi connectivity index (χ1) is 9.77. The number of nitrogens with one attached hydrogen (secondary N) is 1. The van der Waals surface area contributed by atoms with Crippen LogP contribution in [0.2, 0.25) is 0 Å². The molecule has 4 nitrogen and oxygen atoms in total. The maximum atomic E-state index is 12.4. The van der Waals surface area contributed by atoms with Gasteiger partial charge in [-0.3, -0.25) is 4.79 Å². The zero-order chi connectivity index (χ0) is 15.6. The van der Waals surface area contributed by atoms with E-state index in [4.69, 9.17) is 4.52 Å². The lowest BCUT2D eigenvalue weighted by Gasteiger charge is -2.08. The Kier molecular flexibility index (Phi) is 4.02. The van der Waals surface area contributed by atoms with E-state index in [9.17, 15) is 18.0 Å². The van der Waals surface area contributed by atoms with Crippen molar-refractivity contribution in [2.24, 2.45) is 0 Å². The number of halogens is 3. The molecular weight excluding hydrogens is 285 g/mol. The van der Waals surface area contributed by atoms with E-state index in [1.54, 1.807) is 13.8 Å². The molecule has 0 radical (unpaired) electrons. The first kappa shape index (κ1) is 15.1. The van der Waals surface area contributed by atoms with E-state index >= 15 is 0 Å². The highest BCUT2D eigenvalue weighted by molar-refractivity contribution is 5.92. The minimum absolute atomic E-state index is 0.0577. The third-order valence-electron chi connectivity index (χ3n) is 3.01. The molecule has 1 aromatic heterocycles. The molecule has 7 heteroatoms. The third kappa shape index (κ3) is 3.62. The highest BCUT2D eigenvalue weighted by Gasteiger charge is 2.30. The van der Waals surface area contributed by atoms with Crippen LogP contribution in [0.1, 0.15) is 22.6 Å². The SMILES string of the molecule is Cc1noc(C)c1CC(=O)Nc1ccc(C(F)(F)F)cc1. The summed E-state index contributed by atoms with van der Waals surface area (Å²) in [5, 5.41) is 6.27. The number of nitrogens with zero attached hydrogens (tertiary/aromatic N) is 1. The van der Waals surface area contributed by atoms with Crippen molar-refractivity contribution in [3.63, 3.8) is 0 Å². The molecule has 0 aliphatic heterocycles. The Hall–Kier alpha value is -2.31. The number of alkyl halides is 3. The number of hydrogen-bond donors (Lipinski definition) is 1. The van der Waals surface area contributed by atoms with E-state index in [0.29, 0.717) is 22.7 Å². The van der Waals surface area contributed by atoms with Crippen LogP contribution in [0.3, 0.4) is 0 Å². The molecule has 1 aromatic carbocycles. The second-order valence-corrected chi connectivity index (χ2v) is 4.60. The zero-order valence-electron chi connectivity index (χ0n) is 11.4. The van der Waals surface area contributed by atoms with Gasteiger partial charge in [-0.2, -0.15) is 13.2 Å². The molecule has 0 unspecified atom stereocenters. The number of aromatic nitrogens is 1. The molecule has 1 N–H and O–H groups in total. The monoisotopic (exact) mass is 298 g/mol. The molecule has 1 heterocycles. The van der Waals surface area contributed by atoms with Crippen LogP contribution in [0.5, 0.6) is 0 Å². The Labute approximate surface area is 118 Å². The Morgan fingerprint density at radius 3 is 2.33 bits per heavy atom. The minimum atomic E-state index is -4.39. The van der Waals surface area contributed by atoms with Crippen molar-refractivity contribution in [2.45, 2.75) is 26.4 Å². The van der Waals surface area contributed by atoms with Crippen molar-refractivity contribution in [3.05, 3.63) is 46.8 Å². The largest absolute Gasteiger partial charge is 0.416 e. The van der Waals surface area contributed by atoms with Crippen molar-refractivity contribution < 1.29 is 22.5 Å². The first-order valence-corrected chi connectivity index (χ1v) is 6.16. The van der Waals surface area contributed by atoms with Gasteiger partial charge >= 0.3 is 6.18 Å². The summed E-state index contributed by atoms with van der Waals surface area (Å²) in [6.07, 6.45) is -4.33. The van der Waals surface area contributed by atoms with Gasteiger partial charge in [-0.15, -0.1) is 0 Å². The van der Waals surface area contributed by atoms with Gasteiger partial charge in [0, 0.05) is 11.3 Å².